The summed E-state index contributed by atoms with van der Waals surface area (Å²) >= 11 is 0. The number of hydrogen-bond acceptors (Lipinski definition) is 2. The first kappa shape index (κ1) is 13.4. The van der Waals surface area contributed by atoms with Gasteiger partial charge in [-0.1, -0.05) is 12.1 Å². The second-order valence-electron chi connectivity index (χ2n) is 4.12. The fourth-order valence-corrected chi connectivity index (χ4v) is 1.66. The molecule has 0 spiro atoms. The molecule has 0 amide bonds. The normalized spacial score (nSPS) is 12.3. The summed E-state index contributed by atoms with van der Waals surface area (Å²) in [6, 6.07) is 6.58. The largest absolute Gasteiger partial charge is 0.451 e. The standard InChI is InChI=1S/C14H12F3NO/c1-8(18)10-3-2-4-11(16)14(10)19-13-6-5-9(15)7-12(13)17/h2-8H,18H2,1H3. The van der Waals surface area contributed by atoms with Crippen LogP contribution in [0.4, 0.5) is 13.2 Å². The molecule has 2 N–H and O–H groups in total. The summed E-state index contributed by atoms with van der Waals surface area (Å²) in [6.07, 6.45) is 0. The lowest BCUT2D eigenvalue weighted by Crippen LogP contribution is -2.08. The summed E-state index contributed by atoms with van der Waals surface area (Å²) in [5.74, 6) is -2.69. The SMILES string of the molecule is CC(N)c1cccc(F)c1Oc1ccc(F)cc1F. The van der Waals surface area contributed by atoms with Gasteiger partial charge in [0.05, 0.1) is 0 Å². The molecule has 0 heterocycles. The minimum Gasteiger partial charge on any atom is -0.451 e. The van der Waals surface area contributed by atoms with Crippen LogP contribution in [0.5, 0.6) is 11.5 Å². The van der Waals surface area contributed by atoms with Gasteiger partial charge in [-0.2, -0.15) is 0 Å². The molecule has 5 heteroatoms. The van der Waals surface area contributed by atoms with Gasteiger partial charge in [-0.15, -0.1) is 0 Å². The highest BCUT2D eigenvalue weighted by Crippen LogP contribution is 2.32. The third kappa shape index (κ3) is 2.88. The molecule has 0 aliphatic heterocycles. The summed E-state index contributed by atoms with van der Waals surface area (Å²) in [7, 11) is 0. The number of rotatable bonds is 3. The Labute approximate surface area is 108 Å². The van der Waals surface area contributed by atoms with E-state index in [-0.39, 0.29) is 11.5 Å². The predicted octanol–water partition coefficient (Wildman–Crippen LogP) is 3.92. The Bertz CT molecular complexity index is 599. The molecule has 0 aliphatic carbocycles. The second kappa shape index (κ2) is 5.32. The quantitative estimate of drug-likeness (QED) is 0.914. The summed E-state index contributed by atoms with van der Waals surface area (Å²) in [5.41, 5.74) is 6.11. The first-order valence-electron chi connectivity index (χ1n) is 5.66. The van der Waals surface area contributed by atoms with Gasteiger partial charge in [0, 0.05) is 17.7 Å². The van der Waals surface area contributed by atoms with Crippen LogP contribution in [-0.2, 0) is 0 Å². The highest BCUT2D eigenvalue weighted by atomic mass is 19.1. The molecule has 0 fully saturated rings. The molecule has 0 bridgehead atoms. The zero-order valence-corrected chi connectivity index (χ0v) is 10.2. The number of para-hydroxylation sites is 1. The number of benzene rings is 2. The molecular weight excluding hydrogens is 255 g/mol. The molecule has 100 valence electrons. The molecule has 19 heavy (non-hydrogen) atoms. The van der Waals surface area contributed by atoms with Gasteiger partial charge in [-0.05, 0) is 25.1 Å². The van der Waals surface area contributed by atoms with Gasteiger partial charge in [0.25, 0.3) is 0 Å². The van der Waals surface area contributed by atoms with E-state index in [1.807, 2.05) is 0 Å². The molecular formula is C14H12F3NO. The maximum atomic E-state index is 13.7. The summed E-state index contributed by atoms with van der Waals surface area (Å²) in [4.78, 5) is 0. The van der Waals surface area contributed by atoms with E-state index in [9.17, 15) is 13.2 Å². The van der Waals surface area contributed by atoms with Gasteiger partial charge in [-0.25, -0.2) is 13.2 Å². The number of nitrogens with two attached hydrogens (primary N) is 1. The smallest absolute Gasteiger partial charge is 0.168 e. The molecule has 2 nitrogen and oxygen atoms in total. The van der Waals surface area contributed by atoms with Gasteiger partial charge in [0.2, 0.25) is 0 Å². The van der Waals surface area contributed by atoms with Crippen molar-refractivity contribution in [3.05, 3.63) is 59.4 Å². The topological polar surface area (TPSA) is 35.2 Å². The Balaban J connectivity index is 2.43. The van der Waals surface area contributed by atoms with Crippen LogP contribution in [-0.4, -0.2) is 0 Å². The van der Waals surface area contributed by atoms with Crippen molar-refractivity contribution in [3.8, 4) is 11.5 Å². The Kier molecular flexibility index (Phi) is 3.76. The third-order valence-electron chi connectivity index (χ3n) is 2.59. The van der Waals surface area contributed by atoms with Crippen molar-refractivity contribution in [2.24, 2.45) is 5.73 Å². The lowest BCUT2D eigenvalue weighted by atomic mass is 10.1. The van der Waals surface area contributed by atoms with E-state index in [4.69, 9.17) is 10.5 Å². The molecule has 0 saturated carbocycles. The summed E-state index contributed by atoms with van der Waals surface area (Å²) < 4.78 is 45.2. The van der Waals surface area contributed by atoms with Crippen LogP contribution in [0.1, 0.15) is 18.5 Å². The van der Waals surface area contributed by atoms with Crippen LogP contribution in [0.15, 0.2) is 36.4 Å². The third-order valence-corrected chi connectivity index (χ3v) is 2.59. The number of hydrogen-bond donors (Lipinski definition) is 1. The monoisotopic (exact) mass is 267 g/mol. The molecule has 0 aliphatic rings. The molecule has 2 aromatic rings. The molecule has 0 aromatic heterocycles. The molecule has 1 atom stereocenters. The Morgan fingerprint density at radius 2 is 1.79 bits per heavy atom. The van der Waals surface area contributed by atoms with E-state index in [1.54, 1.807) is 13.0 Å². The van der Waals surface area contributed by atoms with Gasteiger partial charge in [0.15, 0.2) is 23.1 Å². The maximum absolute atomic E-state index is 13.7. The lowest BCUT2D eigenvalue weighted by molar-refractivity contribution is 0.404. The highest BCUT2D eigenvalue weighted by Gasteiger charge is 2.16. The summed E-state index contributed by atoms with van der Waals surface area (Å²) in [6.45, 7) is 1.66. The first-order valence-corrected chi connectivity index (χ1v) is 5.66. The fourth-order valence-electron chi connectivity index (χ4n) is 1.66. The van der Waals surface area contributed by atoms with Gasteiger partial charge >= 0.3 is 0 Å². The first-order chi connectivity index (χ1) is 8.99. The van der Waals surface area contributed by atoms with Crippen molar-refractivity contribution in [3.63, 3.8) is 0 Å². The fraction of sp³-hybridized carbons (Fsp3) is 0.143. The van der Waals surface area contributed by atoms with E-state index >= 15 is 0 Å². The van der Waals surface area contributed by atoms with E-state index < -0.39 is 23.5 Å². The second-order valence-corrected chi connectivity index (χ2v) is 4.12. The minimum atomic E-state index is -0.904. The molecule has 2 rings (SSSR count). The van der Waals surface area contributed by atoms with E-state index in [1.165, 1.54) is 12.1 Å². The van der Waals surface area contributed by atoms with Crippen molar-refractivity contribution in [1.29, 1.82) is 0 Å². The van der Waals surface area contributed by atoms with Crippen molar-refractivity contribution >= 4 is 0 Å². The van der Waals surface area contributed by atoms with E-state index in [0.29, 0.717) is 11.6 Å². The predicted molar refractivity (Wildman–Crippen MR) is 65.4 cm³/mol. The van der Waals surface area contributed by atoms with Crippen LogP contribution < -0.4 is 10.5 Å². The number of ether oxygens (including phenoxy) is 1. The maximum Gasteiger partial charge on any atom is 0.168 e. The average molecular weight is 267 g/mol. The van der Waals surface area contributed by atoms with Crippen LogP contribution in [0.2, 0.25) is 0 Å². The van der Waals surface area contributed by atoms with Crippen LogP contribution in [0.3, 0.4) is 0 Å². The zero-order valence-electron chi connectivity index (χ0n) is 10.2. The van der Waals surface area contributed by atoms with Crippen LogP contribution in [0.25, 0.3) is 0 Å². The lowest BCUT2D eigenvalue weighted by Gasteiger charge is -2.14. The zero-order chi connectivity index (χ0) is 14.0. The Hall–Kier alpha value is -2.01. The van der Waals surface area contributed by atoms with Crippen molar-refractivity contribution in [2.45, 2.75) is 13.0 Å². The summed E-state index contributed by atoms with van der Waals surface area (Å²) in [5, 5.41) is 0. The molecule has 0 saturated heterocycles. The van der Waals surface area contributed by atoms with Crippen LogP contribution >= 0.6 is 0 Å². The highest BCUT2D eigenvalue weighted by molar-refractivity contribution is 5.41. The van der Waals surface area contributed by atoms with Crippen molar-refractivity contribution in [1.82, 2.24) is 0 Å². The Morgan fingerprint density at radius 1 is 1.05 bits per heavy atom. The molecule has 1 unspecified atom stereocenters. The van der Waals surface area contributed by atoms with Gasteiger partial charge in [-0.3, -0.25) is 0 Å². The van der Waals surface area contributed by atoms with Gasteiger partial charge < -0.3 is 10.5 Å². The minimum absolute atomic E-state index is 0.150. The molecule has 0 radical (unpaired) electrons. The van der Waals surface area contributed by atoms with Crippen molar-refractivity contribution < 1.29 is 17.9 Å². The Morgan fingerprint density at radius 3 is 2.42 bits per heavy atom. The van der Waals surface area contributed by atoms with Crippen molar-refractivity contribution in [2.75, 3.05) is 0 Å². The van der Waals surface area contributed by atoms with Crippen LogP contribution in [0, 0.1) is 17.5 Å². The molecule has 2 aromatic carbocycles. The van der Waals surface area contributed by atoms with E-state index in [2.05, 4.69) is 0 Å². The van der Waals surface area contributed by atoms with Gasteiger partial charge in [0.1, 0.15) is 5.82 Å². The number of halogens is 3. The average Bonchev–Trinajstić information content (AvgIpc) is 2.34. The van der Waals surface area contributed by atoms with E-state index in [0.717, 1.165) is 12.1 Å².